The smallest absolute Gasteiger partial charge is 0.338 e. The topological polar surface area (TPSA) is 92.8 Å². The maximum Gasteiger partial charge on any atom is 0.338 e. The summed E-state index contributed by atoms with van der Waals surface area (Å²) in [6.07, 6.45) is 0. The third kappa shape index (κ3) is 6.23. The number of aryl methyl sites for hydroxylation is 3. The summed E-state index contributed by atoms with van der Waals surface area (Å²) >= 11 is 0. The molecule has 0 fully saturated rings. The van der Waals surface area contributed by atoms with Gasteiger partial charge in [0, 0.05) is 19.3 Å². The lowest BCUT2D eigenvalue weighted by molar-refractivity contribution is -0.133. The van der Waals surface area contributed by atoms with Gasteiger partial charge in [0.15, 0.2) is 6.61 Å². The van der Waals surface area contributed by atoms with Crippen LogP contribution >= 0.6 is 0 Å². The number of likely N-dealkylation sites (N-methyl/N-ethyl adjacent to an activating group) is 1. The number of hydrogen-bond acceptors (Lipinski definition) is 5. The molecule has 34 heavy (non-hydrogen) atoms. The van der Waals surface area contributed by atoms with E-state index in [0.717, 1.165) is 16.7 Å². The minimum atomic E-state index is -3.93. The molecule has 0 aliphatic heterocycles. The summed E-state index contributed by atoms with van der Waals surface area (Å²) in [5, 5.41) is 0. The minimum Gasteiger partial charge on any atom is -0.452 e. The highest BCUT2D eigenvalue weighted by molar-refractivity contribution is 7.92. The maximum atomic E-state index is 12.9. The predicted octanol–water partition coefficient (Wildman–Crippen LogP) is 4.23. The average Bonchev–Trinajstić information content (AvgIpc) is 2.78. The number of anilines is 1. The zero-order chi connectivity index (χ0) is 24.9. The van der Waals surface area contributed by atoms with Crippen LogP contribution in [0, 0.1) is 20.8 Å². The summed E-state index contributed by atoms with van der Waals surface area (Å²) in [6, 6.07) is 19.0. The fraction of sp³-hybridized carbons (Fsp3) is 0.231. The quantitative estimate of drug-likeness (QED) is 0.487. The van der Waals surface area contributed by atoms with Gasteiger partial charge in [0.2, 0.25) is 0 Å². The van der Waals surface area contributed by atoms with Crippen molar-refractivity contribution in [2.45, 2.75) is 32.2 Å². The molecule has 3 aromatic carbocycles. The summed E-state index contributed by atoms with van der Waals surface area (Å²) in [4.78, 5) is 26.5. The Kier molecular flexibility index (Phi) is 7.73. The molecule has 3 aromatic rings. The Labute approximate surface area is 200 Å². The second kappa shape index (κ2) is 10.5. The van der Waals surface area contributed by atoms with Crippen molar-refractivity contribution in [2.24, 2.45) is 0 Å². The Morgan fingerprint density at radius 1 is 0.912 bits per heavy atom. The van der Waals surface area contributed by atoms with Crippen molar-refractivity contribution in [1.82, 2.24) is 4.90 Å². The second-order valence-electron chi connectivity index (χ2n) is 8.21. The number of rotatable bonds is 8. The van der Waals surface area contributed by atoms with Gasteiger partial charge in [0.1, 0.15) is 0 Å². The summed E-state index contributed by atoms with van der Waals surface area (Å²) < 4.78 is 33.6. The molecule has 0 bridgehead atoms. The van der Waals surface area contributed by atoms with Crippen molar-refractivity contribution in [3.63, 3.8) is 0 Å². The number of esters is 1. The van der Waals surface area contributed by atoms with Crippen LogP contribution in [-0.4, -0.2) is 38.8 Å². The molecule has 0 saturated heterocycles. The molecule has 178 valence electrons. The van der Waals surface area contributed by atoms with Gasteiger partial charge < -0.3 is 9.64 Å². The van der Waals surface area contributed by atoms with Gasteiger partial charge in [-0.3, -0.25) is 9.52 Å². The van der Waals surface area contributed by atoms with E-state index in [-0.39, 0.29) is 16.4 Å². The van der Waals surface area contributed by atoms with E-state index >= 15 is 0 Å². The Bertz CT molecular complexity index is 1320. The highest BCUT2D eigenvalue weighted by Gasteiger charge is 2.21. The van der Waals surface area contributed by atoms with Gasteiger partial charge in [-0.1, -0.05) is 42.5 Å². The van der Waals surface area contributed by atoms with E-state index in [2.05, 4.69) is 4.72 Å². The standard InChI is InChI=1S/C26H28N2O5S/c1-18-8-7-11-23(14-18)27-34(31,32)24-15-21(13-12-20(24)3)26(30)33-17-25(29)28(4)16-22-10-6-5-9-19(22)2/h5-15,27H,16-17H2,1-4H3. The number of benzene rings is 3. The van der Waals surface area contributed by atoms with Crippen molar-refractivity contribution in [2.75, 3.05) is 18.4 Å². The molecular formula is C26H28N2O5S. The lowest BCUT2D eigenvalue weighted by atomic mass is 10.1. The summed E-state index contributed by atoms with van der Waals surface area (Å²) in [5.74, 6) is -1.14. The lowest BCUT2D eigenvalue weighted by Crippen LogP contribution is -2.31. The van der Waals surface area contributed by atoms with E-state index in [0.29, 0.717) is 17.8 Å². The van der Waals surface area contributed by atoms with Gasteiger partial charge in [0.05, 0.1) is 10.5 Å². The van der Waals surface area contributed by atoms with Gasteiger partial charge >= 0.3 is 5.97 Å². The molecule has 0 unspecified atom stereocenters. The first kappa shape index (κ1) is 25.0. The van der Waals surface area contributed by atoms with Crippen LogP contribution in [0.3, 0.4) is 0 Å². The Morgan fingerprint density at radius 3 is 2.35 bits per heavy atom. The van der Waals surface area contributed by atoms with Crippen LogP contribution in [0.5, 0.6) is 0 Å². The molecule has 0 aromatic heterocycles. The highest BCUT2D eigenvalue weighted by atomic mass is 32.2. The van der Waals surface area contributed by atoms with Crippen molar-refractivity contribution in [1.29, 1.82) is 0 Å². The molecule has 0 saturated carbocycles. The van der Waals surface area contributed by atoms with E-state index < -0.39 is 22.6 Å². The number of sulfonamides is 1. The SMILES string of the molecule is Cc1cccc(NS(=O)(=O)c2cc(C(=O)OCC(=O)N(C)Cc3ccccc3C)ccc2C)c1. The van der Waals surface area contributed by atoms with Crippen LogP contribution in [0.2, 0.25) is 0 Å². The van der Waals surface area contributed by atoms with Gasteiger partial charge in [0.25, 0.3) is 15.9 Å². The second-order valence-corrected chi connectivity index (χ2v) is 9.86. The molecule has 0 spiro atoms. The number of nitrogens with one attached hydrogen (secondary N) is 1. The van der Waals surface area contributed by atoms with E-state index in [9.17, 15) is 18.0 Å². The lowest BCUT2D eigenvalue weighted by Gasteiger charge is -2.18. The number of carbonyl (C=O) groups is 2. The molecule has 0 radical (unpaired) electrons. The van der Waals surface area contributed by atoms with E-state index in [1.807, 2.05) is 44.2 Å². The highest BCUT2D eigenvalue weighted by Crippen LogP contribution is 2.22. The van der Waals surface area contributed by atoms with Gasteiger partial charge in [-0.2, -0.15) is 0 Å². The van der Waals surface area contributed by atoms with Gasteiger partial charge in [-0.15, -0.1) is 0 Å². The molecule has 3 rings (SSSR count). The van der Waals surface area contributed by atoms with Crippen molar-refractivity contribution in [3.05, 3.63) is 94.5 Å². The normalized spacial score (nSPS) is 11.1. The summed E-state index contributed by atoms with van der Waals surface area (Å²) in [6.45, 7) is 5.41. The molecule has 7 nitrogen and oxygen atoms in total. The zero-order valence-corrected chi connectivity index (χ0v) is 20.5. The Balaban J connectivity index is 1.68. The van der Waals surface area contributed by atoms with Crippen LogP contribution in [0.1, 0.15) is 32.6 Å². The van der Waals surface area contributed by atoms with Gasteiger partial charge in [-0.05, 0) is 67.3 Å². The van der Waals surface area contributed by atoms with Crippen LogP contribution in [0.4, 0.5) is 5.69 Å². The van der Waals surface area contributed by atoms with Crippen LogP contribution < -0.4 is 4.72 Å². The van der Waals surface area contributed by atoms with Crippen LogP contribution in [0.15, 0.2) is 71.6 Å². The monoisotopic (exact) mass is 480 g/mol. The Morgan fingerprint density at radius 2 is 1.65 bits per heavy atom. The number of hydrogen-bond donors (Lipinski definition) is 1. The third-order valence-corrected chi connectivity index (χ3v) is 6.93. The molecule has 8 heteroatoms. The van der Waals surface area contributed by atoms with Crippen molar-refractivity contribution < 1.29 is 22.7 Å². The molecule has 0 aliphatic rings. The van der Waals surface area contributed by atoms with Crippen LogP contribution in [-0.2, 0) is 26.1 Å². The van der Waals surface area contributed by atoms with E-state index in [1.165, 1.54) is 23.1 Å². The number of nitrogens with zero attached hydrogens (tertiary/aromatic N) is 1. The van der Waals surface area contributed by atoms with Crippen molar-refractivity contribution in [3.8, 4) is 0 Å². The fourth-order valence-corrected chi connectivity index (χ4v) is 4.71. The molecule has 0 aliphatic carbocycles. The number of ether oxygens (including phenoxy) is 1. The fourth-order valence-electron chi connectivity index (χ4n) is 3.39. The first-order valence-electron chi connectivity index (χ1n) is 10.7. The first-order valence-corrected chi connectivity index (χ1v) is 12.2. The molecule has 1 N–H and O–H groups in total. The first-order chi connectivity index (χ1) is 16.1. The summed E-state index contributed by atoms with van der Waals surface area (Å²) in [5.41, 5.74) is 3.92. The average molecular weight is 481 g/mol. The Hall–Kier alpha value is -3.65. The van der Waals surface area contributed by atoms with Crippen LogP contribution in [0.25, 0.3) is 0 Å². The molecule has 0 heterocycles. The predicted molar refractivity (Wildman–Crippen MR) is 131 cm³/mol. The van der Waals surface area contributed by atoms with E-state index in [1.54, 1.807) is 32.2 Å². The summed E-state index contributed by atoms with van der Waals surface area (Å²) in [7, 11) is -2.30. The number of carbonyl (C=O) groups excluding carboxylic acids is 2. The third-order valence-electron chi connectivity index (χ3n) is 5.40. The van der Waals surface area contributed by atoms with Crippen molar-refractivity contribution >= 4 is 27.6 Å². The maximum absolute atomic E-state index is 12.9. The number of amides is 1. The zero-order valence-electron chi connectivity index (χ0n) is 19.7. The largest absolute Gasteiger partial charge is 0.452 e. The molecular weight excluding hydrogens is 452 g/mol. The minimum absolute atomic E-state index is 0.0357. The molecule has 1 amide bonds. The molecule has 0 atom stereocenters. The van der Waals surface area contributed by atoms with E-state index in [4.69, 9.17) is 4.74 Å². The van der Waals surface area contributed by atoms with Gasteiger partial charge in [-0.25, -0.2) is 13.2 Å².